The van der Waals surface area contributed by atoms with Gasteiger partial charge in [0.2, 0.25) is 0 Å². The zero-order valence-corrected chi connectivity index (χ0v) is 15.9. The van der Waals surface area contributed by atoms with Crippen LogP contribution in [0.1, 0.15) is 28.5 Å². The Labute approximate surface area is 158 Å². The van der Waals surface area contributed by atoms with E-state index in [0.717, 1.165) is 28.1 Å². The molecule has 1 amide bonds. The number of benzene rings is 2. The molecule has 0 aliphatic carbocycles. The standard InChI is InChI=1S/C21H22N4O2/c1-14(24-27-4)16-9-11-17(12-10-16)18-7-5-6-8-20(18)22-21(26)19-13-25(3)23-15(19)2/h5-13H,1-4H3,(H,22,26)/b24-14+. The van der Waals surface area contributed by atoms with Gasteiger partial charge in [-0.2, -0.15) is 5.10 Å². The summed E-state index contributed by atoms with van der Waals surface area (Å²) in [7, 11) is 3.33. The maximum atomic E-state index is 12.7. The van der Waals surface area contributed by atoms with Gasteiger partial charge in [-0.25, -0.2) is 0 Å². The highest BCUT2D eigenvalue weighted by molar-refractivity contribution is 6.07. The average Bonchev–Trinajstić information content (AvgIpc) is 3.01. The van der Waals surface area contributed by atoms with E-state index < -0.39 is 0 Å². The highest BCUT2D eigenvalue weighted by Crippen LogP contribution is 2.28. The molecule has 1 N–H and O–H groups in total. The molecule has 0 atom stereocenters. The van der Waals surface area contributed by atoms with Crippen molar-refractivity contribution >= 4 is 17.3 Å². The van der Waals surface area contributed by atoms with Gasteiger partial charge in [-0.3, -0.25) is 9.48 Å². The Morgan fingerprint density at radius 1 is 1.15 bits per heavy atom. The van der Waals surface area contributed by atoms with Gasteiger partial charge >= 0.3 is 0 Å². The molecule has 0 bridgehead atoms. The number of nitrogens with zero attached hydrogens (tertiary/aromatic N) is 3. The lowest BCUT2D eigenvalue weighted by Crippen LogP contribution is -2.13. The van der Waals surface area contributed by atoms with Crippen LogP contribution < -0.4 is 5.32 Å². The maximum Gasteiger partial charge on any atom is 0.259 e. The molecule has 3 aromatic rings. The summed E-state index contributed by atoms with van der Waals surface area (Å²) in [6, 6.07) is 15.7. The molecule has 1 heterocycles. The molecule has 1 aromatic heterocycles. The van der Waals surface area contributed by atoms with Crippen molar-refractivity contribution in [3.63, 3.8) is 0 Å². The zero-order valence-electron chi connectivity index (χ0n) is 15.9. The van der Waals surface area contributed by atoms with Crippen molar-refractivity contribution in [1.29, 1.82) is 0 Å². The molecule has 0 spiro atoms. The molecule has 0 aliphatic heterocycles. The lowest BCUT2D eigenvalue weighted by molar-refractivity contribution is 0.102. The fourth-order valence-corrected chi connectivity index (χ4v) is 2.94. The number of hydrogen-bond acceptors (Lipinski definition) is 4. The van der Waals surface area contributed by atoms with Crippen LogP contribution in [0.4, 0.5) is 5.69 Å². The number of oxime groups is 1. The monoisotopic (exact) mass is 362 g/mol. The second-order valence-corrected chi connectivity index (χ2v) is 6.24. The van der Waals surface area contributed by atoms with Crippen LogP contribution in [0.3, 0.4) is 0 Å². The SMILES string of the molecule is CO/N=C(\C)c1ccc(-c2ccccc2NC(=O)c2cn(C)nc2C)cc1. The largest absolute Gasteiger partial charge is 0.399 e. The van der Waals surface area contributed by atoms with Crippen LogP contribution in [-0.4, -0.2) is 28.5 Å². The normalized spacial score (nSPS) is 11.3. The van der Waals surface area contributed by atoms with Crippen molar-refractivity contribution in [3.8, 4) is 11.1 Å². The minimum Gasteiger partial charge on any atom is -0.399 e. The molecule has 0 saturated heterocycles. The van der Waals surface area contributed by atoms with E-state index in [1.165, 1.54) is 7.11 Å². The Bertz CT molecular complexity index is 988. The van der Waals surface area contributed by atoms with Crippen molar-refractivity contribution in [1.82, 2.24) is 9.78 Å². The predicted octanol–water partition coefficient (Wildman–Crippen LogP) is 4.02. The van der Waals surface area contributed by atoms with Gasteiger partial charge in [-0.1, -0.05) is 47.6 Å². The molecule has 6 heteroatoms. The first kappa shape index (κ1) is 18.4. The molecular weight excluding hydrogens is 340 g/mol. The number of aryl methyl sites for hydroxylation is 2. The lowest BCUT2D eigenvalue weighted by atomic mass is 10.0. The van der Waals surface area contributed by atoms with Gasteiger partial charge in [0, 0.05) is 24.5 Å². The Hall–Kier alpha value is -3.41. The zero-order chi connectivity index (χ0) is 19.4. The molecule has 27 heavy (non-hydrogen) atoms. The summed E-state index contributed by atoms with van der Waals surface area (Å²) in [6.45, 7) is 3.71. The summed E-state index contributed by atoms with van der Waals surface area (Å²) < 4.78 is 1.64. The van der Waals surface area contributed by atoms with Crippen LogP contribution in [0.5, 0.6) is 0 Å². The van der Waals surface area contributed by atoms with Gasteiger partial charge in [0.05, 0.1) is 17.0 Å². The third kappa shape index (κ3) is 4.06. The van der Waals surface area contributed by atoms with Crippen molar-refractivity contribution in [2.24, 2.45) is 12.2 Å². The van der Waals surface area contributed by atoms with Crippen LogP contribution in [0.25, 0.3) is 11.1 Å². The fourth-order valence-electron chi connectivity index (χ4n) is 2.94. The van der Waals surface area contributed by atoms with Crippen LogP contribution in [0.2, 0.25) is 0 Å². The van der Waals surface area contributed by atoms with Gasteiger partial charge in [-0.05, 0) is 31.0 Å². The van der Waals surface area contributed by atoms with E-state index in [-0.39, 0.29) is 5.91 Å². The van der Waals surface area contributed by atoms with E-state index in [1.807, 2.05) is 62.4 Å². The van der Waals surface area contributed by atoms with Crippen LogP contribution in [0, 0.1) is 6.92 Å². The van der Waals surface area contributed by atoms with Gasteiger partial charge < -0.3 is 10.2 Å². The second-order valence-electron chi connectivity index (χ2n) is 6.24. The van der Waals surface area contributed by atoms with Crippen molar-refractivity contribution in [3.05, 3.63) is 71.5 Å². The number of anilines is 1. The fraction of sp³-hybridized carbons (Fsp3) is 0.190. The molecule has 0 radical (unpaired) electrons. The third-order valence-electron chi connectivity index (χ3n) is 4.28. The van der Waals surface area contributed by atoms with E-state index >= 15 is 0 Å². The minimum atomic E-state index is -0.173. The summed E-state index contributed by atoms with van der Waals surface area (Å²) in [5.41, 5.74) is 5.74. The van der Waals surface area contributed by atoms with Gasteiger partial charge in [0.1, 0.15) is 7.11 Å². The quantitative estimate of drug-likeness (QED) is 0.551. The smallest absolute Gasteiger partial charge is 0.259 e. The molecule has 0 aliphatic rings. The van der Waals surface area contributed by atoms with E-state index in [9.17, 15) is 4.79 Å². The topological polar surface area (TPSA) is 68.5 Å². The Balaban J connectivity index is 1.89. The molecule has 138 valence electrons. The minimum absolute atomic E-state index is 0.173. The summed E-state index contributed by atoms with van der Waals surface area (Å²) in [5, 5.41) is 11.2. The third-order valence-corrected chi connectivity index (χ3v) is 4.28. The summed E-state index contributed by atoms with van der Waals surface area (Å²) in [5.74, 6) is -0.173. The molecule has 0 fully saturated rings. The number of nitrogens with one attached hydrogen (secondary N) is 1. The van der Waals surface area contributed by atoms with Crippen molar-refractivity contribution in [2.45, 2.75) is 13.8 Å². The van der Waals surface area contributed by atoms with Gasteiger partial charge in [-0.15, -0.1) is 0 Å². The molecular formula is C21H22N4O2. The highest BCUT2D eigenvalue weighted by atomic mass is 16.6. The van der Waals surface area contributed by atoms with E-state index in [4.69, 9.17) is 4.84 Å². The van der Waals surface area contributed by atoms with E-state index in [1.54, 1.807) is 17.9 Å². The maximum absolute atomic E-state index is 12.7. The Morgan fingerprint density at radius 3 is 2.48 bits per heavy atom. The van der Waals surface area contributed by atoms with Crippen LogP contribution in [0.15, 0.2) is 59.9 Å². The first-order valence-electron chi connectivity index (χ1n) is 8.58. The second kappa shape index (κ2) is 7.86. The number of carbonyl (C=O) groups is 1. The van der Waals surface area contributed by atoms with Crippen molar-refractivity contribution < 1.29 is 9.63 Å². The lowest BCUT2D eigenvalue weighted by Gasteiger charge is -2.11. The van der Waals surface area contributed by atoms with Crippen LogP contribution in [-0.2, 0) is 11.9 Å². The Kier molecular flexibility index (Phi) is 5.35. The first-order chi connectivity index (χ1) is 13.0. The first-order valence-corrected chi connectivity index (χ1v) is 8.58. The molecule has 2 aromatic carbocycles. The summed E-state index contributed by atoms with van der Waals surface area (Å²) in [6.07, 6.45) is 1.72. The molecule has 0 saturated carbocycles. The van der Waals surface area contributed by atoms with Crippen LogP contribution >= 0.6 is 0 Å². The molecule has 6 nitrogen and oxygen atoms in total. The number of carbonyl (C=O) groups excluding carboxylic acids is 1. The number of amides is 1. The number of para-hydroxylation sites is 1. The van der Waals surface area contributed by atoms with E-state index in [2.05, 4.69) is 15.6 Å². The number of rotatable bonds is 5. The predicted molar refractivity (Wildman–Crippen MR) is 107 cm³/mol. The molecule has 3 rings (SSSR count). The highest BCUT2D eigenvalue weighted by Gasteiger charge is 2.14. The van der Waals surface area contributed by atoms with Gasteiger partial charge in [0.25, 0.3) is 5.91 Å². The summed E-state index contributed by atoms with van der Waals surface area (Å²) >= 11 is 0. The van der Waals surface area contributed by atoms with Crippen molar-refractivity contribution in [2.75, 3.05) is 12.4 Å². The number of aromatic nitrogens is 2. The average molecular weight is 362 g/mol. The molecule has 0 unspecified atom stereocenters. The van der Waals surface area contributed by atoms with Gasteiger partial charge in [0.15, 0.2) is 0 Å². The van der Waals surface area contributed by atoms with E-state index in [0.29, 0.717) is 11.3 Å². The number of hydrogen-bond donors (Lipinski definition) is 1. The Morgan fingerprint density at radius 2 is 1.85 bits per heavy atom. The summed E-state index contributed by atoms with van der Waals surface area (Å²) in [4.78, 5) is 17.5.